The van der Waals surface area contributed by atoms with E-state index in [2.05, 4.69) is 39.6 Å². The molecule has 0 fully saturated rings. The molecule has 1 aromatic carbocycles. The summed E-state index contributed by atoms with van der Waals surface area (Å²) in [7, 11) is 1.68. The molecular formula is C14H20N4O. The lowest BCUT2D eigenvalue weighted by atomic mass is 10.0. The number of aromatic nitrogens is 3. The smallest absolute Gasteiger partial charge is 0.141 e. The first-order chi connectivity index (χ1) is 9.33. The predicted molar refractivity (Wildman–Crippen MR) is 74.1 cm³/mol. The molecule has 0 saturated carbocycles. The molecule has 1 heterocycles. The number of rotatable bonds is 7. The van der Waals surface area contributed by atoms with Gasteiger partial charge in [0, 0.05) is 0 Å². The van der Waals surface area contributed by atoms with Gasteiger partial charge >= 0.3 is 0 Å². The molecule has 1 aromatic heterocycles. The Hall–Kier alpha value is -1.88. The average Bonchev–Trinajstić information content (AvgIpc) is 2.98. The van der Waals surface area contributed by atoms with E-state index in [4.69, 9.17) is 4.74 Å². The molecule has 1 atom stereocenters. The van der Waals surface area contributed by atoms with Gasteiger partial charge in [0.25, 0.3) is 0 Å². The SMILES string of the molecule is CCNC(CCc1ccc(OC)cc1)c1ncn[nH]1. The molecule has 2 rings (SSSR count). The number of ether oxygens (including phenoxy) is 1. The van der Waals surface area contributed by atoms with Crippen molar-refractivity contribution in [2.24, 2.45) is 0 Å². The summed E-state index contributed by atoms with van der Waals surface area (Å²) in [5, 5.41) is 10.3. The highest BCUT2D eigenvalue weighted by atomic mass is 16.5. The van der Waals surface area contributed by atoms with Gasteiger partial charge in [-0.05, 0) is 37.1 Å². The van der Waals surface area contributed by atoms with Gasteiger partial charge in [0.1, 0.15) is 17.9 Å². The van der Waals surface area contributed by atoms with Crippen molar-refractivity contribution in [3.63, 3.8) is 0 Å². The molecule has 0 saturated heterocycles. The number of methoxy groups -OCH3 is 1. The van der Waals surface area contributed by atoms with E-state index in [1.165, 1.54) is 5.56 Å². The zero-order valence-electron chi connectivity index (χ0n) is 11.4. The minimum atomic E-state index is 0.217. The van der Waals surface area contributed by atoms with E-state index in [1.54, 1.807) is 13.4 Å². The van der Waals surface area contributed by atoms with Crippen molar-refractivity contribution in [1.29, 1.82) is 0 Å². The summed E-state index contributed by atoms with van der Waals surface area (Å²) >= 11 is 0. The Labute approximate surface area is 113 Å². The van der Waals surface area contributed by atoms with Gasteiger partial charge in [-0.1, -0.05) is 19.1 Å². The van der Waals surface area contributed by atoms with Crippen LogP contribution in [0.15, 0.2) is 30.6 Å². The van der Waals surface area contributed by atoms with Crippen LogP contribution in [-0.2, 0) is 6.42 Å². The third-order valence-electron chi connectivity index (χ3n) is 3.09. The minimum absolute atomic E-state index is 0.217. The summed E-state index contributed by atoms with van der Waals surface area (Å²) in [5.41, 5.74) is 1.29. The second-order valence-corrected chi connectivity index (χ2v) is 4.37. The molecule has 1 unspecified atom stereocenters. The van der Waals surface area contributed by atoms with E-state index in [9.17, 15) is 0 Å². The molecule has 102 valence electrons. The second-order valence-electron chi connectivity index (χ2n) is 4.37. The summed E-state index contributed by atoms with van der Waals surface area (Å²) < 4.78 is 5.16. The van der Waals surface area contributed by atoms with Crippen molar-refractivity contribution >= 4 is 0 Å². The summed E-state index contributed by atoms with van der Waals surface area (Å²) in [6.45, 7) is 3.00. The molecule has 5 nitrogen and oxygen atoms in total. The molecule has 5 heteroatoms. The molecule has 0 aliphatic carbocycles. The maximum Gasteiger partial charge on any atom is 0.141 e. The second kappa shape index (κ2) is 6.89. The van der Waals surface area contributed by atoms with E-state index >= 15 is 0 Å². The van der Waals surface area contributed by atoms with Crippen LogP contribution in [0.3, 0.4) is 0 Å². The van der Waals surface area contributed by atoms with Crippen molar-refractivity contribution in [3.05, 3.63) is 42.0 Å². The number of hydrogen-bond acceptors (Lipinski definition) is 4. The lowest BCUT2D eigenvalue weighted by Crippen LogP contribution is -2.22. The topological polar surface area (TPSA) is 62.8 Å². The number of aromatic amines is 1. The van der Waals surface area contributed by atoms with Crippen molar-refractivity contribution in [2.75, 3.05) is 13.7 Å². The van der Waals surface area contributed by atoms with Gasteiger partial charge in [-0.3, -0.25) is 5.10 Å². The fourth-order valence-electron chi connectivity index (χ4n) is 2.07. The molecule has 0 bridgehead atoms. The number of aryl methyl sites for hydroxylation is 1. The van der Waals surface area contributed by atoms with Crippen molar-refractivity contribution in [3.8, 4) is 5.75 Å². The zero-order valence-corrected chi connectivity index (χ0v) is 11.4. The van der Waals surface area contributed by atoms with Gasteiger partial charge in [0.2, 0.25) is 0 Å². The highest BCUT2D eigenvalue weighted by Gasteiger charge is 2.12. The Kier molecular flexibility index (Phi) is 4.92. The van der Waals surface area contributed by atoms with E-state index in [0.717, 1.165) is 31.0 Å². The first-order valence-electron chi connectivity index (χ1n) is 6.55. The van der Waals surface area contributed by atoms with Crippen molar-refractivity contribution in [1.82, 2.24) is 20.5 Å². The van der Waals surface area contributed by atoms with E-state index < -0.39 is 0 Å². The Morgan fingerprint density at radius 3 is 2.68 bits per heavy atom. The van der Waals surface area contributed by atoms with E-state index in [0.29, 0.717) is 0 Å². The fourth-order valence-corrected chi connectivity index (χ4v) is 2.07. The van der Waals surface area contributed by atoms with Crippen molar-refractivity contribution < 1.29 is 4.74 Å². The summed E-state index contributed by atoms with van der Waals surface area (Å²) in [6.07, 6.45) is 3.52. The van der Waals surface area contributed by atoms with Gasteiger partial charge in [0.05, 0.1) is 13.2 Å². The van der Waals surface area contributed by atoms with Gasteiger partial charge < -0.3 is 10.1 Å². The summed E-state index contributed by atoms with van der Waals surface area (Å²) in [6, 6.07) is 8.40. The Morgan fingerprint density at radius 1 is 1.32 bits per heavy atom. The minimum Gasteiger partial charge on any atom is -0.497 e. The van der Waals surface area contributed by atoms with Gasteiger partial charge in [-0.15, -0.1) is 0 Å². The normalized spacial score (nSPS) is 12.3. The predicted octanol–water partition coefficient (Wildman–Crippen LogP) is 2.10. The quantitative estimate of drug-likeness (QED) is 0.800. The van der Waals surface area contributed by atoms with Gasteiger partial charge in [-0.25, -0.2) is 4.98 Å². The Balaban J connectivity index is 1.94. The molecule has 19 heavy (non-hydrogen) atoms. The van der Waals surface area contributed by atoms with Crippen LogP contribution in [-0.4, -0.2) is 28.8 Å². The van der Waals surface area contributed by atoms with Crippen LogP contribution in [0.2, 0.25) is 0 Å². The molecule has 0 aliphatic rings. The summed E-state index contributed by atoms with van der Waals surface area (Å²) in [5.74, 6) is 1.79. The molecule has 2 N–H and O–H groups in total. The van der Waals surface area contributed by atoms with Crippen LogP contribution >= 0.6 is 0 Å². The van der Waals surface area contributed by atoms with Crippen LogP contribution < -0.4 is 10.1 Å². The van der Waals surface area contributed by atoms with Crippen LogP contribution in [0, 0.1) is 0 Å². The first kappa shape index (κ1) is 13.5. The average molecular weight is 260 g/mol. The van der Waals surface area contributed by atoms with Gasteiger partial charge in [-0.2, -0.15) is 5.10 Å². The lowest BCUT2D eigenvalue weighted by Gasteiger charge is -2.15. The molecule has 0 amide bonds. The summed E-state index contributed by atoms with van der Waals surface area (Å²) in [4.78, 5) is 4.23. The third kappa shape index (κ3) is 3.79. The molecule has 2 aromatic rings. The first-order valence-corrected chi connectivity index (χ1v) is 6.55. The highest BCUT2D eigenvalue weighted by molar-refractivity contribution is 5.27. The van der Waals surface area contributed by atoms with Gasteiger partial charge in [0.15, 0.2) is 0 Å². The number of nitrogens with zero attached hydrogens (tertiary/aromatic N) is 2. The zero-order chi connectivity index (χ0) is 13.5. The highest BCUT2D eigenvalue weighted by Crippen LogP contribution is 2.17. The van der Waals surface area contributed by atoms with Crippen LogP contribution in [0.25, 0.3) is 0 Å². The number of hydrogen-bond donors (Lipinski definition) is 2. The number of benzene rings is 1. The van der Waals surface area contributed by atoms with Crippen molar-refractivity contribution in [2.45, 2.75) is 25.8 Å². The monoisotopic (exact) mass is 260 g/mol. The largest absolute Gasteiger partial charge is 0.497 e. The molecule has 0 spiro atoms. The van der Waals surface area contributed by atoms with E-state index in [1.807, 2.05) is 12.1 Å². The lowest BCUT2D eigenvalue weighted by molar-refractivity contribution is 0.414. The number of nitrogens with one attached hydrogen (secondary N) is 2. The molecule has 0 radical (unpaired) electrons. The Morgan fingerprint density at radius 2 is 2.11 bits per heavy atom. The maximum atomic E-state index is 5.16. The fraction of sp³-hybridized carbons (Fsp3) is 0.429. The van der Waals surface area contributed by atoms with Crippen LogP contribution in [0.1, 0.15) is 30.8 Å². The molecule has 0 aliphatic heterocycles. The van der Waals surface area contributed by atoms with E-state index in [-0.39, 0.29) is 6.04 Å². The molecular weight excluding hydrogens is 240 g/mol. The maximum absolute atomic E-state index is 5.16. The Bertz CT molecular complexity index is 467. The van der Waals surface area contributed by atoms with Crippen LogP contribution in [0.5, 0.6) is 5.75 Å². The van der Waals surface area contributed by atoms with Crippen LogP contribution in [0.4, 0.5) is 0 Å². The standard InChI is InChI=1S/C14H20N4O/c1-3-15-13(14-16-10-17-18-14)9-6-11-4-7-12(19-2)8-5-11/h4-5,7-8,10,13,15H,3,6,9H2,1-2H3,(H,16,17,18). The third-order valence-corrected chi connectivity index (χ3v) is 3.09. The number of H-pyrrole nitrogens is 1.